The van der Waals surface area contributed by atoms with Gasteiger partial charge in [-0.1, -0.05) is 23.2 Å². The van der Waals surface area contributed by atoms with Crippen molar-refractivity contribution in [2.24, 2.45) is 0 Å². The van der Waals surface area contributed by atoms with E-state index in [1.54, 1.807) is 18.2 Å². The molecule has 0 aliphatic heterocycles. The van der Waals surface area contributed by atoms with Crippen LogP contribution in [-0.2, 0) is 4.79 Å². The zero-order valence-corrected chi connectivity index (χ0v) is 11.0. The van der Waals surface area contributed by atoms with Crippen LogP contribution in [0.5, 0.6) is 5.75 Å². The van der Waals surface area contributed by atoms with Crippen molar-refractivity contribution < 1.29 is 9.53 Å². The Labute approximate surface area is 106 Å². The molecule has 0 saturated carbocycles. The van der Waals surface area contributed by atoms with E-state index in [1.807, 2.05) is 13.8 Å². The molecule has 1 rings (SSSR count). The molecule has 0 aliphatic carbocycles. The zero-order chi connectivity index (χ0) is 12.3. The Morgan fingerprint density at radius 2 is 1.75 bits per heavy atom. The van der Waals surface area contributed by atoms with Gasteiger partial charge < -0.3 is 4.74 Å². The van der Waals surface area contributed by atoms with E-state index in [9.17, 15) is 4.79 Å². The normalized spacial score (nSPS) is 11.3. The third-order valence-corrected chi connectivity index (χ3v) is 2.34. The van der Waals surface area contributed by atoms with Crippen molar-refractivity contribution in [2.45, 2.75) is 32.8 Å². The molecular formula is C12H14Cl2O2. The van der Waals surface area contributed by atoms with Crippen LogP contribution in [-0.4, -0.2) is 11.4 Å². The number of Topliss-reactive ketones (excluding diaryl/α,β-unsaturated/α-hetero) is 1. The van der Waals surface area contributed by atoms with Gasteiger partial charge in [0, 0.05) is 16.5 Å². The number of hydrogen-bond acceptors (Lipinski definition) is 2. The summed E-state index contributed by atoms with van der Waals surface area (Å²) in [5.74, 6) is 0.655. The maximum Gasteiger partial charge on any atom is 0.133 e. The zero-order valence-electron chi connectivity index (χ0n) is 9.51. The van der Waals surface area contributed by atoms with E-state index < -0.39 is 5.60 Å². The molecule has 0 aromatic heterocycles. The summed E-state index contributed by atoms with van der Waals surface area (Å²) in [6.45, 7) is 5.24. The average molecular weight is 261 g/mol. The Morgan fingerprint density at radius 1 is 1.25 bits per heavy atom. The molecule has 0 heterocycles. The van der Waals surface area contributed by atoms with E-state index in [0.717, 1.165) is 0 Å². The summed E-state index contributed by atoms with van der Waals surface area (Å²) in [4.78, 5) is 11.1. The molecule has 0 atom stereocenters. The lowest BCUT2D eigenvalue weighted by Gasteiger charge is -2.25. The summed E-state index contributed by atoms with van der Waals surface area (Å²) < 4.78 is 5.68. The molecule has 2 nitrogen and oxygen atoms in total. The fraction of sp³-hybridized carbons (Fsp3) is 0.417. The summed E-state index contributed by atoms with van der Waals surface area (Å²) in [6, 6.07) is 4.98. The van der Waals surface area contributed by atoms with E-state index in [1.165, 1.54) is 6.92 Å². The largest absolute Gasteiger partial charge is 0.487 e. The van der Waals surface area contributed by atoms with Crippen LogP contribution in [0.25, 0.3) is 0 Å². The summed E-state index contributed by atoms with van der Waals surface area (Å²) in [5.41, 5.74) is -0.556. The van der Waals surface area contributed by atoms with Gasteiger partial charge in [0.15, 0.2) is 0 Å². The van der Waals surface area contributed by atoms with Crippen molar-refractivity contribution in [2.75, 3.05) is 0 Å². The molecule has 0 bridgehead atoms. The highest BCUT2D eigenvalue weighted by molar-refractivity contribution is 6.34. The number of halogens is 2. The molecule has 1 aromatic rings. The molecule has 0 unspecified atom stereocenters. The number of benzene rings is 1. The first-order chi connectivity index (χ1) is 7.28. The molecule has 1 aromatic carbocycles. The van der Waals surface area contributed by atoms with Gasteiger partial charge in [-0.05, 0) is 39.0 Å². The first-order valence-electron chi connectivity index (χ1n) is 4.93. The number of carbonyl (C=O) groups excluding carboxylic acids is 1. The average Bonchev–Trinajstić information content (AvgIpc) is 1.95. The van der Waals surface area contributed by atoms with Crippen LogP contribution in [0, 0.1) is 0 Å². The van der Waals surface area contributed by atoms with Crippen molar-refractivity contribution in [3.8, 4) is 5.75 Å². The van der Waals surface area contributed by atoms with Gasteiger partial charge in [-0.3, -0.25) is 4.79 Å². The number of hydrogen-bond donors (Lipinski definition) is 0. The molecule has 88 valence electrons. The smallest absolute Gasteiger partial charge is 0.133 e. The molecule has 4 heteroatoms. The minimum absolute atomic E-state index is 0.0816. The predicted molar refractivity (Wildman–Crippen MR) is 66.5 cm³/mol. The molecule has 0 amide bonds. The quantitative estimate of drug-likeness (QED) is 0.814. The lowest BCUT2D eigenvalue weighted by Crippen LogP contribution is -2.30. The fourth-order valence-corrected chi connectivity index (χ4v) is 2.05. The second-order valence-electron chi connectivity index (χ2n) is 4.35. The van der Waals surface area contributed by atoms with E-state index in [2.05, 4.69) is 0 Å². The molecule has 0 aliphatic rings. The highest BCUT2D eigenvalue weighted by Crippen LogP contribution is 2.28. The van der Waals surface area contributed by atoms with Crippen LogP contribution < -0.4 is 4.74 Å². The van der Waals surface area contributed by atoms with Gasteiger partial charge in [0.05, 0.1) is 0 Å². The Hall–Kier alpha value is -0.730. The second-order valence-corrected chi connectivity index (χ2v) is 5.22. The van der Waals surface area contributed by atoms with Crippen LogP contribution in [0.2, 0.25) is 10.0 Å². The van der Waals surface area contributed by atoms with Crippen LogP contribution in [0.3, 0.4) is 0 Å². The predicted octanol–water partition coefficient (Wildman–Crippen LogP) is 4.13. The number of ketones is 1. The Balaban J connectivity index is 2.83. The van der Waals surface area contributed by atoms with Crippen molar-refractivity contribution in [3.63, 3.8) is 0 Å². The van der Waals surface area contributed by atoms with Crippen LogP contribution in [0.1, 0.15) is 27.2 Å². The SMILES string of the molecule is CC(=O)CC(C)(C)Oc1cc(Cl)cc(Cl)c1. The summed E-state index contributed by atoms with van der Waals surface area (Å²) in [7, 11) is 0. The van der Waals surface area contributed by atoms with E-state index >= 15 is 0 Å². The minimum Gasteiger partial charge on any atom is -0.487 e. The van der Waals surface area contributed by atoms with E-state index in [0.29, 0.717) is 22.2 Å². The van der Waals surface area contributed by atoms with Crippen molar-refractivity contribution >= 4 is 29.0 Å². The van der Waals surface area contributed by atoms with Crippen molar-refractivity contribution in [1.82, 2.24) is 0 Å². The molecule has 16 heavy (non-hydrogen) atoms. The minimum atomic E-state index is -0.556. The standard InChI is InChI=1S/C12H14Cl2O2/c1-8(15)7-12(2,3)16-11-5-9(13)4-10(14)6-11/h4-6H,7H2,1-3H3. The number of rotatable bonds is 4. The molecule has 0 spiro atoms. The lowest BCUT2D eigenvalue weighted by molar-refractivity contribution is -0.120. The van der Waals surface area contributed by atoms with Crippen molar-refractivity contribution in [3.05, 3.63) is 28.2 Å². The molecule has 0 saturated heterocycles. The number of carbonyl (C=O) groups is 1. The van der Waals surface area contributed by atoms with Gasteiger partial charge >= 0.3 is 0 Å². The monoisotopic (exact) mass is 260 g/mol. The molecule has 0 fully saturated rings. The highest BCUT2D eigenvalue weighted by Gasteiger charge is 2.22. The van der Waals surface area contributed by atoms with E-state index in [4.69, 9.17) is 27.9 Å². The summed E-state index contributed by atoms with van der Waals surface area (Å²) in [5, 5.41) is 1.03. The third-order valence-electron chi connectivity index (χ3n) is 1.90. The van der Waals surface area contributed by atoms with Crippen molar-refractivity contribution in [1.29, 1.82) is 0 Å². The van der Waals surface area contributed by atoms with Crippen LogP contribution in [0.15, 0.2) is 18.2 Å². The van der Waals surface area contributed by atoms with E-state index in [-0.39, 0.29) is 5.78 Å². The maximum absolute atomic E-state index is 11.1. The fourth-order valence-electron chi connectivity index (χ4n) is 1.54. The van der Waals surface area contributed by atoms with Crippen LogP contribution in [0.4, 0.5) is 0 Å². The second kappa shape index (κ2) is 5.07. The molecule has 0 radical (unpaired) electrons. The van der Waals surface area contributed by atoms with Gasteiger partial charge in [0.2, 0.25) is 0 Å². The molecular weight excluding hydrogens is 247 g/mol. The van der Waals surface area contributed by atoms with Gasteiger partial charge in [-0.2, -0.15) is 0 Å². The summed E-state index contributed by atoms with van der Waals surface area (Å²) >= 11 is 11.7. The molecule has 0 N–H and O–H groups in total. The summed E-state index contributed by atoms with van der Waals surface area (Å²) in [6.07, 6.45) is 0.344. The first-order valence-corrected chi connectivity index (χ1v) is 5.69. The topological polar surface area (TPSA) is 26.3 Å². The number of ether oxygens (including phenoxy) is 1. The third kappa shape index (κ3) is 4.42. The highest BCUT2D eigenvalue weighted by atomic mass is 35.5. The maximum atomic E-state index is 11.1. The Morgan fingerprint density at radius 3 is 2.19 bits per heavy atom. The lowest BCUT2D eigenvalue weighted by atomic mass is 10.0. The van der Waals surface area contributed by atoms with Gasteiger partial charge in [-0.25, -0.2) is 0 Å². The van der Waals surface area contributed by atoms with Gasteiger partial charge in [0.25, 0.3) is 0 Å². The first kappa shape index (κ1) is 13.3. The van der Waals surface area contributed by atoms with Gasteiger partial charge in [0.1, 0.15) is 17.1 Å². The Kier molecular flexibility index (Phi) is 4.22. The Bertz CT molecular complexity index is 380. The van der Waals surface area contributed by atoms with Gasteiger partial charge in [-0.15, -0.1) is 0 Å². The van der Waals surface area contributed by atoms with Crippen LogP contribution >= 0.6 is 23.2 Å².